The Hall–Kier alpha value is -2.49. The third-order valence-corrected chi connectivity index (χ3v) is 4.44. The van der Waals surface area contributed by atoms with Crippen molar-refractivity contribution in [3.8, 4) is 23.0 Å². The summed E-state index contributed by atoms with van der Waals surface area (Å²) in [6.45, 7) is 5.07. The molecule has 2 aromatic rings. The van der Waals surface area contributed by atoms with Crippen LogP contribution in [0.1, 0.15) is 29.8 Å². The summed E-state index contributed by atoms with van der Waals surface area (Å²) in [6.07, 6.45) is 1.56. The van der Waals surface area contributed by atoms with E-state index in [0.717, 1.165) is 9.13 Å². The van der Waals surface area contributed by atoms with Gasteiger partial charge in [-0.25, -0.2) is 5.43 Å². The topological polar surface area (TPSA) is 78.4 Å². The van der Waals surface area contributed by atoms with E-state index in [-0.39, 0.29) is 12.7 Å². The summed E-state index contributed by atoms with van der Waals surface area (Å²) in [7, 11) is 0. The molecule has 1 amide bonds. The van der Waals surface area contributed by atoms with Crippen molar-refractivity contribution in [3.63, 3.8) is 0 Å². The molecule has 7 nitrogen and oxygen atoms in total. The molecule has 0 radical (unpaired) electrons. The number of amides is 1. The monoisotopic (exact) mass is 482 g/mol. The van der Waals surface area contributed by atoms with Gasteiger partial charge in [-0.1, -0.05) is 0 Å². The van der Waals surface area contributed by atoms with E-state index in [1.165, 1.54) is 0 Å². The first-order chi connectivity index (χ1) is 13.1. The molecule has 0 spiro atoms. The first-order valence-electron chi connectivity index (χ1n) is 8.44. The average molecular weight is 482 g/mol. The molecule has 0 aromatic heterocycles. The highest BCUT2D eigenvalue weighted by Gasteiger charge is 2.16. The van der Waals surface area contributed by atoms with Gasteiger partial charge in [0.1, 0.15) is 0 Å². The number of halogens is 1. The zero-order chi connectivity index (χ0) is 19.2. The number of carbonyl (C=O) groups excluding carboxylic acids is 1. The number of hydrogen-bond acceptors (Lipinski definition) is 6. The maximum absolute atomic E-state index is 12.2. The lowest BCUT2D eigenvalue weighted by atomic mass is 10.2. The van der Waals surface area contributed by atoms with Gasteiger partial charge in [-0.3, -0.25) is 4.79 Å². The molecule has 0 atom stereocenters. The van der Waals surface area contributed by atoms with Crippen molar-refractivity contribution in [1.82, 2.24) is 5.43 Å². The third kappa shape index (κ3) is 4.62. The fraction of sp³-hybridized carbons (Fsp3) is 0.263. The van der Waals surface area contributed by atoms with Crippen LogP contribution in [0.4, 0.5) is 0 Å². The summed E-state index contributed by atoms with van der Waals surface area (Å²) >= 11 is 2.19. The number of fused-ring (bicyclic) bond motifs is 1. The molecule has 2 aromatic carbocycles. The highest BCUT2D eigenvalue weighted by molar-refractivity contribution is 14.1. The highest BCUT2D eigenvalue weighted by Crippen LogP contribution is 2.34. The van der Waals surface area contributed by atoms with Crippen LogP contribution in [-0.2, 0) is 0 Å². The van der Waals surface area contributed by atoms with E-state index >= 15 is 0 Å². The fourth-order valence-electron chi connectivity index (χ4n) is 2.48. The van der Waals surface area contributed by atoms with E-state index in [4.69, 9.17) is 18.9 Å². The Morgan fingerprint density at radius 2 is 1.96 bits per heavy atom. The standard InChI is InChI=1S/C19H19IN2O5/c1-3-24-17-8-12(7-14(20)18(17)25-4-2)10-21-22-19(23)13-5-6-15-16(9-13)27-11-26-15/h5-10H,3-4,11H2,1-2H3,(H,22,23)/b21-10-. The minimum absolute atomic E-state index is 0.164. The van der Waals surface area contributed by atoms with E-state index < -0.39 is 0 Å². The van der Waals surface area contributed by atoms with Crippen molar-refractivity contribution in [3.05, 3.63) is 45.0 Å². The zero-order valence-electron chi connectivity index (χ0n) is 15.0. The fourth-order valence-corrected chi connectivity index (χ4v) is 3.26. The molecule has 1 aliphatic heterocycles. The molecular formula is C19H19IN2O5. The van der Waals surface area contributed by atoms with Gasteiger partial charge in [0.25, 0.3) is 5.91 Å². The Morgan fingerprint density at radius 3 is 2.74 bits per heavy atom. The van der Waals surface area contributed by atoms with Crippen LogP contribution in [0.3, 0.4) is 0 Å². The van der Waals surface area contributed by atoms with Crippen LogP contribution in [0.5, 0.6) is 23.0 Å². The Kier molecular flexibility index (Phi) is 6.38. The van der Waals surface area contributed by atoms with Gasteiger partial charge in [0.15, 0.2) is 23.0 Å². The summed E-state index contributed by atoms with van der Waals surface area (Å²) in [5.74, 6) is 2.20. The first kappa shape index (κ1) is 19.3. The lowest BCUT2D eigenvalue weighted by molar-refractivity contribution is 0.0954. The largest absolute Gasteiger partial charge is 0.490 e. The molecule has 0 fully saturated rings. The molecule has 1 N–H and O–H groups in total. The van der Waals surface area contributed by atoms with E-state index in [9.17, 15) is 4.79 Å². The zero-order valence-corrected chi connectivity index (χ0v) is 17.1. The normalized spacial score (nSPS) is 12.3. The number of nitrogens with one attached hydrogen (secondary N) is 1. The van der Waals surface area contributed by atoms with E-state index in [2.05, 4.69) is 33.1 Å². The summed E-state index contributed by atoms with van der Waals surface area (Å²) in [4.78, 5) is 12.2. The number of benzene rings is 2. The van der Waals surface area contributed by atoms with Gasteiger partial charge in [-0.2, -0.15) is 5.10 Å². The molecule has 0 bridgehead atoms. The van der Waals surface area contributed by atoms with Crippen molar-refractivity contribution in [1.29, 1.82) is 0 Å². The highest BCUT2D eigenvalue weighted by atomic mass is 127. The molecule has 0 saturated carbocycles. The van der Waals surface area contributed by atoms with Crippen molar-refractivity contribution < 1.29 is 23.7 Å². The van der Waals surface area contributed by atoms with Crippen LogP contribution >= 0.6 is 22.6 Å². The number of hydrogen-bond donors (Lipinski definition) is 1. The van der Waals surface area contributed by atoms with Crippen molar-refractivity contribution in [2.45, 2.75) is 13.8 Å². The number of nitrogens with zero attached hydrogens (tertiary/aromatic N) is 1. The molecule has 142 valence electrons. The van der Waals surface area contributed by atoms with E-state index in [0.29, 0.717) is 41.8 Å². The second-order valence-corrected chi connectivity index (χ2v) is 6.63. The third-order valence-electron chi connectivity index (χ3n) is 3.63. The van der Waals surface area contributed by atoms with Crippen molar-refractivity contribution in [2.75, 3.05) is 20.0 Å². The second kappa shape index (κ2) is 8.94. The molecule has 27 heavy (non-hydrogen) atoms. The maximum atomic E-state index is 12.2. The Labute approximate surface area is 170 Å². The molecule has 1 aliphatic rings. The predicted octanol–water partition coefficient (Wildman–Crippen LogP) is 3.58. The van der Waals surface area contributed by atoms with Crippen LogP contribution in [0.2, 0.25) is 0 Å². The molecule has 8 heteroatoms. The van der Waals surface area contributed by atoms with Crippen molar-refractivity contribution >= 4 is 34.7 Å². The molecular weight excluding hydrogens is 463 g/mol. The van der Waals surface area contributed by atoms with E-state index in [1.807, 2.05) is 26.0 Å². The minimum Gasteiger partial charge on any atom is -0.490 e. The lowest BCUT2D eigenvalue weighted by Gasteiger charge is -2.13. The molecule has 0 aliphatic carbocycles. The van der Waals surface area contributed by atoms with Crippen LogP contribution in [0, 0.1) is 3.57 Å². The Balaban J connectivity index is 1.71. The summed E-state index contributed by atoms with van der Waals surface area (Å²) in [5.41, 5.74) is 3.74. The Morgan fingerprint density at radius 1 is 1.19 bits per heavy atom. The number of ether oxygens (including phenoxy) is 4. The van der Waals surface area contributed by atoms with Gasteiger partial charge in [0, 0.05) is 5.56 Å². The van der Waals surface area contributed by atoms with Gasteiger partial charge in [0.05, 0.1) is 23.0 Å². The molecule has 0 unspecified atom stereocenters. The summed E-state index contributed by atoms with van der Waals surface area (Å²) < 4.78 is 22.7. The van der Waals surface area contributed by atoms with Gasteiger partial charge < -0.3 is 18.9 Å². The first-order valence-corrected chi connectivity index (χ1v) is 9.52. The predicted molar refractivity (Wildman–Crippen MR) is 109 cm³/mol. The molecule has 0 saturated heterocycles. The number of hydrazone groups is 1. The summed E-state index contributed by atoms with van der Waals surface area (Å²) in [5, 5.41) is 4.03. The molecule has 1 heterocycles. The number of carbonyl (C=O) groups is 1. The van der Waals surface area contributed by atoms with Crippen LogP contribution < -0.4 is 24.4 Å². The van der Waals surface area contributed by atoms with Crippen molar-refractivity contribution in [2.24, 2.45) is 5.10 Å². The number of rotatable bonds is 7. The minimum atomic E-state index is -0.338. The summed E-state index contributed by atoms with van der Waals surface area (Å²) in [6, 6.07) is 8.72. The van der Waals surface area contributed by atoms with Crippen LogP contribution in [0.15, 0.2) is 35.4 Å². The smallest absolute Gasteiger partial charge is 0.271 e. The second-order valence-electron chi connectivity index (χ2n) is 5.46. The molecule has 3 rings (SSSR count). The van der Waals surface area contributed by atoms with Gasteiger partial charge >= 0.3 is 0 Å². The Bertz CT molecular complexity index is 869. The van der Waals surface area contributed by atoms with E-state index in [1.54, 1.807) is 24.4 Å². The van der Waals surface area contributed by atoms with Gasteiger partial charge in [-0.15, -0.1) is 0 Å². The SMILES string of the molecule is CCOc1cc(/C=N\NC(=O)c2ccc3c(c2)OCO3)cc(I)c1OCC. The van der Waals surface area contributed by atoms with Crippen LogP contribution in [-0.4, -0.2) is 32.1 Å². The average Bonchev–Trinajstić information content (AvgIpc) is 3.12. The van der Waals surface area contributed by atoms with Gasteiger partial charge in [-0.05, 0) is 72.3 Å². The maximum Gasteiger partial charge on any atom is 0.271 e. The van der Waals surface area contributed by atoms with Gasteiger partial charge in [0.2, 0.25) is 6.79 Å². The van der Waals surface area contributed by atoms with Crippen LogP contribution in [0.25, 0.3) is 0 Å². The quantitative estimate of drug-likeness (QED) is 0.371. The lowest BCUT2D eigenvalue weighted by Crippen LogP contribution is -2.17.